The van der Waals surface area contributed by atoms with Gasteiger partial charge in [-0.05, 0) is 31.0 Å². The zero-order chi connectivity index (χ0) is 18.0. The highest BCUT2D eigenvalue weighted by Crippen LogP contribution is 2.41. The number of halogens is 1. The second-order valence-corrected chi connectivity index (χ2v) is 6.65. The van der Waals surface area contributed by atoms with Gasteiger partial charge in [-0.25, -0.2) is 4.39 Å². The number of aromatic nitrogens is 2. The third kappa shape index (κ3) is 1.91. The molecule has 1 saturated carbocycles. The van der Waals surface area contributed by atoms with E-state index in [9.17, 15) is 9.18 Å². The summed E-state index contributed by atoms with van der Waals surface area (Å²) in [7, 11) is 1.39. The monoisotopic (exact) mass is 347 g/mol. The van der Waals surface area contributed by atoms with Gasteiger partial charge in [-0.15, -0.1) is 0 Å². The quantitative estimate of drug-likeness (QED) is 0.596. The van der Waals surface area contributed by atoms with E-state index in [0.29, 0.717) is 27.5 Å². The number of nitrogens with one attached hydrogen (secondary N) is 1. The van der Waals surface area contributed by atoms with Crippen LogP contribution in [0.2, 0.25) is 0 Å². The van der Waals surface area contributed by atoms with Gasteiger partial charge in [0, 0.05) is 23.0 Å². The fraction of sp³-hybridized carbons (Fsp3) is 0.200. The highest BCUT2D eigenvalue weighted by atomic mass is 19.1. The van der Waals surface area contributed by atoms with Gasteiger partial charge in [0.05, 0.1) is 35.0 Å². The number of nitriles is 1. The number of hydrogen-bond donors (Lipinski definition) is 1. The molecule has 26 heavy (non-hydrogen) atoms. The molecule has 5 rings (SSSR count). The van der Waals surface area contributed by atoms with E-state index in [0.717, 1.165) is 23.7 Å². The number of methoxy groups -OCH3 is 1. The molecule has 4 aromatic rings. The van der Waals surface area contributed by atoms with Crippen LogP contribution in [0.1, 0.15) is 24.4 Å². The summed E-state index contributed by atoms with van der Waals surface area (Å²) in [4.78, 5) is 16.5. The Balaban J connectivity index is 2.03. The summed E-state index contributed by atoms with van der Waals surface area (Å²) in [5.41, 5.74) is 2.33. The topological polar surface area (TPSA) is 70.8 Å². The molecular formula is C20H14FN3O2. The second-order valence-electron chi connectivity index (χ2n) is 6.65. The molecule has 0 amide bonds. The standard InChI is InChI=1S/C20H14FN3O2/c1-26-17-7-13-16(8-14(17)21)24(11-3-4-11)20-18(19(13)25)12-5-2-10(9-22)6-15(12)23-20/h2,5-8,11,23H,3-4H2,1H3. The van der Waals surface area contributed by atoms with E-state index in [4.69, 9.17) is 10.00 Å². The highest BCUT2D eigenvalue weighted by Gasteiger charge is 2.29. The molecule has 5 nitrogen and oxygen atoms in total. The molecule has 0 unspecified atom stereocenters. The van der Waals surface area contributed by atoms with Gasteiger partial charge in [-0.3, -0.25) is 4.79 Å². The van der Waals surface area contributed by atoms with E-state index < -0.39 is 5.82 Å². The molecular weight excluding hydrogens is 333 g/mol. The minimum atomic E-state index is -0.490. The average molecular weight is 347 g/mol. The number of fused-ring (bicyclic) bond motifs is 4. The summed E-state index contributed by atoms with van der Waals surface area (Å²) in [6, 6.07) is 10.4. The van der Waals surface area contributed by atoms with Crippen LogP contribution in [0.25, 0.3) is 32.8 Å². The maximum atomic E-state index is 14.3. The van der Waals surface area contributed by atoms with Crippen molar-refractivity contribution in [1.82, 2.24) is 9.55 Å². The maximum Gasteiger partial charge on any atom is 0.199 e. The first-order valence-electron chi connectivity index (χ1n) is 8.39. The molecule has 0 aliphatic heterocycles. The van der Waals surface area contributed by atoms with Crippen molar-refractivity contribution >= 4 is 32.8 Å². The van der Waals surface area contributed by atoms with Gasteiger partial charge < -0.3 is 14.3 Å². The molecule has 2 heterocycles. The van der Waals surface area contributed by atoms with Gasteiger partial charge in [-0.1, -0.05) is 6.07 Å². The van der Waals surface area contributed by atoms with Gasteiger partial charge in [0.25, 0.3) is 0 Å². The lowest BCUT2D eigenvalue weighted by Gasteiger charge is -2.13. The number of hydrogen-bond acceptors (Lipinski definition) is 3. The summed E-state index contributed by atoms with van der Waals surface area (Å²) in [5, 5.41) is 10.9. The lowest BCUT2D eigenvalue weighted by molar-refractivity contribution is 0.387. The van der Waals surface area contributed by atoms with Crippen LogP contribution in [-0.2, 0) is 0 Å². The van der Waals surface area contributed by atoms with Crippen LogP contribution in [0.5, 0.6) is 5.75 Å². The van der Waals surface area contributed by atoms with Crippen molar-refractivity contribution < 1.29 is 9.13 Å². The number of H-pyrrole nitrogens is 1. The summed E-state index contributed by atoms with van der Waals surface area (Å²) in [6.45, 7) is 0. The molecule has 2 aromatic heterocycles. The zero-order valence-corrected chi connectivity index (χ0v) is 14.0. The number of rotatable bonds is 2. The molecule has 0 spiro atoms. The lowest BCUT2D eigenvalue weighted by Crippen LogP contribution is -2.11. The fourth-order valence-corrected chi connectivity index (χ4v) is 3.71. The number of ether oxygens (including phenoxy) is 1. The predicted octanol–water partition coefficient (Wildman–Crippen LogP) is 3.99. The molecule has 0 bridgehead atoms. The van der Waals surface area contributed by atoms with E-state index in [1.165, 1.54) is 19.2 Å². The fourth-order valence-electron chi connectivity index (χ4n) is 3.71. The van der Waals surface area contributed by atoms with E-state index in [1.54, 1.807) is 18.2 Å². The third-order valence-electron chi connectivity index (χ3n) is 5.06. The van der Waals surface area contributed by atoms with Crippen LogP contribution in [0, 0.1) is 17.1 Å². The largest absolute Gasteiger partial charge is 0.494 e. The highest BCUT2D eigenvalue weighted by molar-refractivity contribution is 6.10. The minimum absolute atomic E-state index is 0.0582. The lowest BCUT2D eigenvalue weighted by atomic mass is 10.1. The van der Waals surface area contributed by atoms with Crippen molar-refractivity contribution in [1.29, 1.82) is 5.26 Å². The van der Waals surface area contributed by atoms with Gasteiger partial charge in [0.2, 0.25) is 0 Å². The van der Waals surface area contributed by atoms with E-state index in [-0.39, 0.29) is 17.2 Å². The van der Waals surface area contributed by atoms with Crippen molar-refractivity contribution in [2.75, 3.05) is 7.11 Å². The number of pyridine rings is 1. The van der Waals surface area contributed by atoms with Gasteiger partial charge in [0.1, 0.15) is 5.65 Å². The molecule has 128 valence electrons. The van der Waals surface area contributed by atoms with Crippen molar-refractivity contribution in [3.05, 3.63) is 51.9 Å². The third-order valence-corrected chi connectivity index (χ3v) is 5.06. The zero-order valence-electron chi connectivity index (χ0n) is 14.0. The smallest absolute Gasteiger partial charge is 0.199 e. The van der Waals surface area contributed by atoms with Crippen LogP contribution in [0.15, 0.2) is 35.1 Å². The summed E-state index contributed by atoms with van der Waals surface area (Å²) >= 11 is 0. The summed E-state index contributed by atoms with van der Waals surface area (Å²) in [5.74, 6) is -0.432. The van der Waals surface area contributed by atoms with Crippen LogP contribution in [-0.4, -0.2) is 16.7 Å². The normalized spacial score (nSPS) is 14.2. The number of benzene rings is 2. The molecule has 1 N–H and O–H groups in total. The van der Waals surface area contributed by atoms with Gasteiger partial charge in [-0.2, -0.15) is 5.26 Å². The Morgan fingerprint density at radius 2 is 2.08 bits per heavy atom. The number of aromatic amines is 1. The van der Waals surface area contributed by atoms with Crippen molar-refractivity contribution in [2.24, 2.45) is 0 Å². The van der Waals surface area contributed by atoms with Gasteiger partial charge in [0.15, 0.2) is 17.0 Å². The molecule has 0 atom stereocenters. The molecule has 1 fully saturated rings. The van der Waals surface area contributed by atoms with Gasteiger partial charge >= 0.3 is 0 Å². The summed E-state index contributed by atoms with van der Waals surface area (Å²) in [6.07, 6.45) is 1.97. The Hall–Kier alpha value is -3.33. The Labute approximate surface area is 147 Å². The van der Waals surface area contributed by atoms with Crippen molar-refractivity contribution in [2.45, 2.75) is 18.9 Å². The Morgan fingerprint density at radius 1 is 1.27 bits per heavy atom. The van der Waals surface area contributed by atoms with E-state index in [2.05, 4.69) is 11.1 Å². The molecule has 0 saturated heterocycles. The van der Waals surface area contributed by atoms with Crippen molar-refractivity contribution in [3.8, 4) is 11.8 Å². The first-order valence-corrected chi connectivity index (χ1v) is 8.39. The predicted molar refractivity (Wildman–Crippen MR) is 97.1 cm³/mol. The summed E-state index contributed by atoms with van der Waals surface area (Å²) < 4.78 is 21.4. The minimum Gasteiger partial charge on any atom is -0.494 e. The van der Waals surface area contributed by atoms with Crippen LogP contribution < -0.4 is 10.2 Å². The molecule has 6 heteroatoms. The average Bonchev–Trinajstić information content (AvgIpc) is 3.40. The maximum absolute atomic E-state index is 14.3. The van der Waals surface area contributed by atoms with Crippen molar-refractivity contribution in [3.63, 3.8) is 0 Å². The Morgan fingerprint density at radius 3 is 2.77 bits per heavy atom. The Kier molecular flexibility index (Phi) is 2.93. The second kappa shape index (κ2) is 5.09. The first-order chi connectivity index (χ1) is 12.6. The molecule has 2 aromatic carbocycles. The van der Waals surface area contributed by atoms with Crippen LogP contribution >= 0.6 is 0 Å². The van der Waals surface area contributed by atoms with Crippen LogP contribution in [0.3, 0.4) is 0 Å². The molecule has 1 aliphatic carbocycles. The molecule has 1 aliphatic rings. The van der Waals surface area contributed by atoms with E-state index >= 15 is 0 Å². The Bertz CT molecular complexity index is 1320. The molecule has 0 radical (unpaired) electrons. The van der Waals surface area contributed by atoms with Crippen LogP contribution in [0.4, 0.5) is 4.39 Å². The van der Waals surface area contributed by atoms with E-state index in [1.807, 2.05) is 4.57 Å². The first kappa shape index (κ1) is 15.0. The SMILES string of the molecule is COc1cc2c(=O)c3c4ccc(C#N)cc4[nH]c3n(C3CC3)c2cc1F. The number of nitrogens with zero attached hydrogens (tertiary/aromatic N) is 2.